The molecule has 0 amide bonds. The summed E-state index contributed by atoms with van der Waals surface area (Å²) in [4.78, 5) is 0. The highest BCUT2D eigenvalue weighted by atomic mass is 16.5. The molecular formula is C31H47N3O2. The van der Waals surface area contributed by atoms with E-state index in [-0.39, 0.29) is 11.2 Å². The van der Waals surface area contributed by atoms with Crippen molar-refractivity contribution >= 4 is 0 Å². The summed E-state index contributed by atoms with van der Waals surface area (Å²) in [6, 6.07) is 16.9. The highest BCUT2D eigenvalue weighted by molar-refractivity contribution is 5.28. The fraction of sp³-hybridized carbons (Fsp3) is 0.548. The third kappa shape index (κ3) is 13.3. The molecule has 0 spiro atoms. The Morgan fingerprint density at radius 1 is 0.667 bits per heavy atom. The van der Waals surface area contributed by atoms with Gasteiger partial charge in [-0.25, -0.2) is 0 Å². The molecule has 1 aromatic heterocycles. The minimum Gasteiger partial charge on any atom is -0.488 e. The maximum Gasteiger partial charge on any atom is 0.120 e. The largest absolute Gasteiger partial charge is 0.488 e. The van der Waals surface area contributed by atoms with E-state index in [0.29, 0.717) is 0 Å². The standard InChI is InChI=1S/C16H23N3O.C15H24O/c1-16(2,3)20-15-9-7-14(8-10-15)6-4-5-12-19-13-11-17-18-19;1-5-6-7-8-13-9-11-14(12-10-13)16-15(2,3)4/h7-11,13H,4-6,12H2,1-3H3;9-12H,5-8H2,1-4H3. The first-order chi connectivity index (χ1) is 17.0. The van der Waals surface area contributed by atoms with E-state index < -0.39 is 0 Å². The fourth-order valence-corrected chi connectivity index (χ4v) is 3.69. The smallest absolute Gasteiger partial charge is 0.120 e. The third-order valence-corrected chi connectivity index (χ3v) is 5.34. The molecule has 3 aromatic rings. The molecule has 5 nitrogen and oxygen atoms in total. The number of hydrogen-bond acceptors (Lipinski definition) is 4. The van der Waals surface area contributed by atoms with Crippen LogP contribution in [0, 0.1) is 0 Å². The Hall–Kier alpha value is -2.82. The lowest BCUT2D eigenvalue weighted by molar-refractivity contribution is 0.130. The molecule has 0 fully saturated rings. The molecule has 3 rings (SSSR count). The van der Waals surface area contributed by atoms with Gasteiger partial charge in [0.05, 0.1) is 6.20 Å². The maximum atomic E-state index is 5.81. The van der Waals surface area contributed by atoms with E-state index in [9.17, 15) is 0 Å². The predicted molar refractivity (Wildman–Crippen MR) is 150 cm³/mol. The summed E-state index contributed by atoms with van der Waals surface area (Å²) in [5, 5.41) is 7.75. The molecule has 0 aliphatic rings. The van der Waals surface area contributed by atoms with Gasteiger partial charge < -0.3 is 9.47 Å². The van der Waals surface area contributed by atoms with E-state index in [0.717, 1.165) is 37.3 Å². The lowest BCUT2D eigenvalue weighted by Crippen LogP contribution is -2.22. The van der Waals surface area contributed by atoms with Gasteiger partial charge in [0.1, 0.15) is 22.7 Å². The average Bonchev–Trinajstić information content (AvgIpc) is 3.31. The molecular weight excluding hydrogens is 446 g/mol. The van der Waals surface area contributed by atoms with Crippen LogP contribution < -0.4 is 9.47 Å². The lowest BCUT2D eigenvalue weighted by Gasteiger charge is -2.21. The molecule has 0 atom stereocenters. The normalized spacial score (nSPS) is 11.5. The molecule has 0 bridgehead atoms. The molecule has 0 aliphatic carbocycles. The number of nitrogens with zero attached hydrogens (tertiary/aromatic N) is 3. The van der Waals surface area contributed by atoms with Crippen LogP contribution in [0.15, 0.2) is 60.9 Å². The SMILES string of the molecule is CC(C)(C)Oc1ccc(CCCCn2ccnn2)cc1.CCCCCc1ccc(OC(C)(C)C)cc1. The second-order valence-corrected chi connectivity index (χ2v) is 11.3. The Kier molecular flexibility index (Phi) is 12.0. The van der Waals surface area contributed by atoms with Crippen molar-refractivity contribution in [2.45, 2.75) is 111 Å². The van der Waals surface area contributed by atoms with Crippen LogP contribution >= 0.6 is 0 Å². The van der Waals surface area contributed by atoms with Gasteiger partial charge in [-0.1, -0.05) is 49.2 Å². The minimum absolute atomic E-state index is 0.107. The molecule has 0 aliphatic heterocycles. The van der Waals surface area contributed by atoms with Crippen molar-refractivity contribution in [1.82, 2.24) is 15.0 Å². The van der Waals surface area contributed by atoms with E-state index in [4.69, 9.17) is 9.47 Å². The zero-order valence-electron chi connectivity index (χ0n) is 23.6. The molecule has 0 saturated carbocycles. The van der Waals surface area contributed by atoms with E-state index in [1.54, 1.807) is 6.20 Å². The van der Waals surface area contributed by atoms with E-state index in [2.05, 4.69) is 107 Å². The Bertz CT molecular complexity index is 951. The second-order valence-electron chi connectivity index (χ2n) is 11.3. The van der Waals surface area contributed by atoms with Gasteiger partial charge >= 0.3 is 0 Å². The number of unbranched alkanes of at least 4 members (excludes halogenated alkanes) is 3. The minimum atomic E-state index is -0.140. The van der Waals surface area contributed by atoms with Gasteiger partial charge in [-0.2, -0.15) is 0 Å². The first kappa shape index (κ1) is 29.4. The van der Waals surface area contributed by atoms with E-state index in [1.807, 2.05) is 10.9 Å². The number of aryl methyl sites for hydroxylation is 3. The van der Waals surface area contributed by atoms with Crippen LogP contribution in [0.4, 0.5) is 0 Å². The van der Waals surface area contributed by atoms with Crippen molar-refractivity contribution in [1.29, 1.82) is 0 Å². The third-order valence-electron chi connectivity index (χ3n) is 5.34. The van der Waals surface area contributed by atoms with Crippen molar-refractivity contribution in [3.63, 3.8) is 0 Å². The van der Waals surface area contributed by atoms with Crippen LogP contribution in [0.25, 0.3) is 0 Å². The van der Waals surface area contributed by atoms with Crippen LogP contribution in [0.5, 0.6) is 11.5 Å². The molecule has 0 N–H and O–H groups in total. The molecule has 2 aromatic carbocycles. The van der Waals surface area contributed by atoms with Crippen LogP contribution in [0.3, 0.4) is 0 Å². The highest BCUT2D eigenvalue weighted by Gasteiger charge is 2.12. The summed E-state index contributed by atoms with van der Waals surface area (Å²) >= 11 is 0. The number of rotatable bonds is 11. The van der Waals surface area contributed by atoms with Gasteiger partial charge in [0.2, 0.25) is 0 Å². The first-order valence-electron chi connectivity index (χ1n) is 13.4. The molecule has 198 valence electrons. The molecule has 5 heteroatoms. The monoisotopic (exact) mass is 493 g/mol. The van der Waals surface area contributed by atoms with E-state index in [1.165, 1.54) is 36.8 Å². The zero-order valence-corrected chi connectivity index (χ0v) is 23.6. The summed E-state index contributed by atoms with van der Waals surface area (Å²) < 4.78 is 13.5. The van der Waals surface area contributed by atoms with Crippen LogP contribution in [-0.4, -0.2) is 26.2 Å². The summed E-state index contributed by atoms with van der Waals surface area (Å²) in [6.45, 7) is 15.6. The van der Waals surface area contributed by atoms with Gasteiger partial charge in [-0.15, -0.1) is 5.10 Å². The number of benzene rings is 2. The Labute approximate surface area is 219 Å². The van der Waals surface area contributed by atoms with Gasteiger partial charge in [0.25, 0.3) is 0 Å². The quantitative estimate of drug-likeness (QED) is 0.253. The van der Waals surface area contributed by atoms with Crippen molar-refractivity contribution < 1.29 is 9.47 Å². The Morgan fingerprint density at radius 2 is 1.14 bits per heavy atom. The van der Waals surface area contributed by atoms with Crippen molar-refractivity contribution in [3.05, 3.63) is 72.1 Å². The Balaban J connectivity index is 0.000000261. The summed E-state index contributed by atoms with van der Waals surface area (Å²) in [5.74, 6) is 1.90. The second kappa shape index (κ2) is 14.7. The van der Waals surface area contributed by atoms with Gasteiger partial charge in [-0.05, 0) is 109 Å². The van der Waals surface area contributed by atoms with Crippen molar-refractivity contribution in [2.75, 3.05) is 0 Å². The average molecular weight is 494 g/mol. The van der Waals surface area contributed by atoms with Gasteiger partial charge in [-0.3, -0.25) is 4.68 Å². The number of hydrogen-bond donors (Lipinski definition) is 0. The summed E-state index contributed by atoms with van der Waals surface area (Å²) in [6.07, 6.45) is 12.0. The highest BCUT2D eigenvalue weighted by Crippen LogP contribution is 2.20. The Morgan fingerprint density at radius 3 is 1.53 bits per heavy atom. The van der Waals surface area contributed by atoms with Crippen LogP contribution in [0.2, 0.25) is 0 Å². The molecule has 0 unspecified atom stereocenters. The molecule has 0 radical (unpaired) electrons. The number of aromatic nitrogens is 3. The molecule has 1 heterocycles. The summed E-state index contributed by atoms with van der Waals surface area (Å²) in [5.41, 5.74) is 2.52. The molecule has 0 saturated heterocycles. The summed E-state index contributed by atoms with van der Waals surface area (Å²) in [7, 11) is 0. The van der Waals surface area contributed by atoms with Crippen molar-refractivity contribution in [3.8, 4) is 11.5 Å². The van der Waals surface area contributed by atoms with Crippen LogP contribution in [-0.2, 0) is 19.4 Å². The molecule has 36 heavy (non-hydrogen) atoms. The predicted octanol–water partition coefficient (Wildman–Crippen LogP) is 8.07. The number of ether oxygens (including phenoxy) is 2. The van der Waals surface area contributed by atoms with Gasteiger partial charge in [0.15, 0.2) is 0 Å². The lowest BCUT2D eigenvalue weighted by atomic mass is 10.1. The van der Waals surface area contributed by atoms with E-state index >= 15 is 0 Å². The van der Waals surface area contributed by atoms with Crippen molar-refractivity contribution in [2.24, 2.45) is 0 Å². The zero-order chi connectivity index (χ0) is 26.4. The first-order valence-corrected chi connectivity index (χ1v) is 13.4. The van der Waals surface area contributed by atoms with Crippen LogP contribution in [0.1, 0.15) is 91.7 Å². The fourth-order valence-electron chi connectivity index (χ4n) is 3.69. The maximum absolute atomic E-state index is 5.81. The van der Waals surface area contributed by atoms with Gasteiger partial charge in [0, 0.05) is 12.7 Å². The topological polar surface area (TPSA) is 49.2 Å².